The molecule has 2 aromatic rings. The van der Waals surface area contributed by atoms with E-state index in [0.29, 0.717) is 6.54 Å². The fraction of sp³-hybridized carbons (Fsp3) is 0.400. The third-order valence-electron chi connectivity index (χ3n) is 3.50. The number of fused-ring (bicyclic) bond motifs is 3. The highest BCUT2D eigenvalue weighted by molar-refractivity contribution is 7.18. The lowest BCUT2D eigenvalue weighted by molar-refractivity contribution is 0.162. The summed E-state index contributed by atoms with van der Waals surface area (Å²) in [6, 6.07) is 4.34. The first-order valence-electron chi connectivity index (χ1n) is 6.65. The molecule has 4 heteroatoms. The third kappa shape index (κ3) is 2.43. The molecule has 0 fully saturated rings. The van der Waals surface area contributed by atoms with Gasteiger partial charge in [-0.1, -0.05) is 12.1 Å². The summed E-state index contributed by atoms with van der Waals surface area (Å²) in [5.74, 6) is 0. The number of aryl methyl sites for hydroxylation is 2. The SMILES string of the molecule is Cc1nc2ccc3c(c2s1)C(=CCNC(C)O)CC3. The van der Waals surface area contributed by atoms with Crippen molar-refractivity contribution in [2.24, 2.45) is 0 Å². The molecule has 0 radical (unpaired) electrons. The van der Waals surface area contributed by atoms with Crippen LogP contribution in [0.5, 0.6) is 0 Å². The molecule has 0 amide bonds. The van der Waals surface area contributed by atoms with Crippen LogP contribution in [-0.4, -0.2) is 22.9 Å². The van der Waals surface area contributed by atoms with Crippen LogP contribution in [0.4, 0.5) is 0 Å². The van der Waals surface area contributed by atoms with E-state index in [9.17, 15) is 5.11 Å². The minimum absolute atomic E-state index is 0.459. The van der Waals surface area contributed by atoms with E-state index in [1.165, 1.54) is 21.4 Å². The standard InChI is InChI=1S/C15H18N2OS/c1-9(18)16-8-7-12-4-3-11-5-6-13-15(14(11)12)19-10(2)17-13/h5-7,9,16,18H,3-4,8H2,1-2H3. The molecule has 1 aliphatic rings. The van der Waals surface area contributed by atoms with Crippen LogP contribution >= 0.6 is 11.3 Å². The van der Waals surface area contributed by atoms with Gasteiger partial charge >= 0.3 is 0 Å². The van der Waals surface area contributed by atoms with Gasteiger partial charge < -0.3 is 5.11 Å². The Balaban J connectivity index is 2.00. The fourth-order valence-corrected chi connectivity index (χ4v) is 3.68. The van der Waals surface area contributed by atoms with Gasteiger partial charge in [-0.15, -0.1) is 11.3 Å². The maximum absolute atomic E-state index is 9.25. The maximum Gasteiger partial charge on any atom is 0.102 e. The van der Waals surface area contributed by atoms with Crippen LogP contribution in [0, 0.1) is 6.92 Å². The van der Waals surface area contributed by atoms with E-state index in [4.69, 9.17) is 0 Å². The van der Waals surface area contributed by atoms with Crippen molar-refractivity contribution < 1.29 is 5.11 Å². The zero-order chi connectivity index (χ0) is 13.4. The lowest BCUT2D eigenvalue weighted by atomic mass is 10.1. The molecular formula is C15H18N2OS. The Morgan fingerprint density at radius 2 is 2.32 bits per heavy atom. The molecule has 0 aliphatic heterocycles. The molecule has 100 valence electrons. The smallest absolute Gasteiger partial charge is 0.102 e. The lowest BCUT2D eigenvalue weighted by Crippen LogP contribution is -2.25. The van der Waals surface area contributed by atoms with Crippen LogP contribution in [0.25, 0.3) is 15.8 Å². The van der Waals surface area contributed by atoms with E-state index in [-0.39, 0.29) is 0 Å². The van der Waals surface area contributed by atoms with Crippen molar-refractivity contribution in [3.05, 3.63) is 34.3 Å². The lowest BCUT2D eigenvalue weighted by Gasteiger charge is -2.06. The Morgan fingerprint density at radius 1 is 1.47 bits per heavy atom. The third-order valence-corrected chi connectivity index (χ3v) is 4.50. The van der Waals surface area contributed by atoms with Crippen molar-refractivity contribution in [2.45, 2.75) is 32.9 Å². The van der Waals surface area contributed by atoms with Crippen LogP contribution in [0.1, 0.15) is 29.5 Å². The topological polar surface area (TPSA) is 45.2 Å². The summed E-state index contributed by atoms with van der Waals surface area (Å²) < 4.78 is 1.32. The molecule has 1 aromatic heterocycles. The number of hydrogen-bond donors (Lipinski definition) is 2. The van der Waals surface area contributed by atoms with E-state index in [2.05, 4.69) is 35.4 Å². The Bertz CT molecular complexity index is 643. The zero-order valence-electron chi connectivity index (χ0n) is 11.2. The molecule has 1 unspecified atom stereocenters. The molecule has 1 aliphatic carbocycles. The predicted molar refractivity (Wildman–Crippen MR) is 80.3 cm³/mol. The van der Waals surface area contributed by atoms with Crippen molar-refractivity contribution in [2.75, 3.05) is 6.54 Å². The summed E-state index contributed by atoms with van der Waals surface area (Å²) in [4.78, 5) is 4.57. The average Bonchev–Trinajstić information content (AvgIpc) is 2.90. The fourth-order valence-electron chi connectivity index (χ4n) is 2.66. The van der Waals surface area contributed by atoms with Gasteiger partial charge in [0.25, 0.3) is 0 Å². The number of rotatable bonds is 3. The maximum atomic E-state index is 9.25. The molecular weight excluding hydrogens is 256 g/mol. The van der Waals surface area contributed by atoms with Gasteiger partial charge in [0.15, 0.2) is 0 Å². The minimum atomic E-state index is -0.459. The molecule has 0 saturated carbocycles. The summed E-state index contributed by atoms with van der Waals surface area (Å²) in [7, 11) is 0. The van der Waals surface area contributed by atoms with E-state index in [0.717, 1.165) is 23.4 Å². The second-order valence-electron chi connectivity index (χ2n) is 4.99. The second-order valence-corrected chi connectivity index (χ2v) is 6.20. The van der Waals surface area contributed by atoms with Crippen LogP contribution in [0.15, 0.2) is 18.2 Å². The van der Waals surface area contributed by atoms with Crippen molar-refractivity contribution in [1.82, 2.24) is 10.3 Å². The Morgan fingerprint density at radius 3 is 3.11 bits per heavy atom. The summed E-state index contributed by atoms with van der Waals surface area (Å²) in [5, 5.41) is 13.4. The average molecular weight is 274 g/mol. The minimum Gasteiger partial charge on any atom is -0.379 e. The van der Waals surface area contributed by atoms with E-state index >= 15 is 0 Å². The molecule has 2 N–H and O–H groups in total. The summed E-state index contributed by atoms with van der Waals surface area (Å²) in [6.45, 7) is 4.51. The van der Waals surface area contributed by atoms with Gasteiger partial charge in [-0.3, -0.25) is 5.32 Å². The number of aliphatic hydroxyl groups is 1. The van der Waals surface area contributed by atoms with Crippen LogP contribution in [0.2, 0.25) is 0 Å². The highest BCUT2D eigenvalue weighted by Crippen LogP contribution is 2.39. The predicted octanol–water partition coefficient (Wildman–Crippen LogP) is 2.86. The Kier molecular flexibility index (Phi) is 3.39. The van der Waals surface area contributed by atoms with Gasteiger partial charge in [-0.2, -0.15) is 0 Å². The van der Waals surface area contributed by atoms with Gasteiger partial charge in [0.1, 0.15) is 6.23 Å². The van der Waals surface area contributed by atoms with Crippen LogP contribution in [0.3, 0.4) is 0 Å². The molecule has 0 spiro atoms. The van der Waals surface area contributed by atoms with Crippen molar-refractivity contribution in [3.8, 4) is 0 Å². The number of benzene rings is 1. The van der Waals surface area contributed by atoms with E-state index < -0.39 is 6.23 Å². The first-order chi connectivity index (χ1) is 9.15. The monoisotopic (exact) mass is 274 g/mol. The first kappa shape index (κ1) is 12.8. The summed E-state index contributed by atoms with van der Waals surface area (Å²) in [6.07, 6.45) is 3.95. The van der Waals surface area contributed by atoms with Crippen molar-refractivity contribution >= 4 is 27.1 Å². The van der Waals surface area contributed by atoms with Crippen molar-refractivity contribution in [3.63, 3.8) is 0 Å². The Labute approximate surface area is 117 Å². The molecule has 19 heavy (non-hydrogen) atoms. The van der Waals surface area contributed by atoms with E-state index in [1.807, 2.05) is 0 Å². The summed E-state index contributed by atoms with van der Waals surface area (Å²) >= 11 is 1.78. The first-order valence-corrected chi connectivity index (χ1v) is 7.46. The number of aromatic nitrogens is 1. The summed E-state index contributed by atoms with van der Waals surface area (Å²) in [5.41, 5.74) is 5.31. The number of thiazole rings is 1. The Hall–Kier alpha value is -1.23. The highest BCUT2D eigenvalue weighted by atomic mass is 32.1. The molecule has 3 nitrogen and oxygen atoms in total. The normalized spacial score (nSPS) is 18.2. The number of aliphatic hydroxyl groups excluding tert-OH is 1. The van der Waals surface area contributed by atoms with Gasteiger partial charge in [-0.25, -0.2) is 4.98 Å². The largest absolute Gasteiger partial charge is 0.379 e. The molecule has 3 rings (SSSR count). The molecule has 1 aromatic carbocycles. The highest BCUT2D eigenvalue weighted by Gasteiger charge is 2.20. The van der Waals surface area contributed by atoms with Gasteiger partial charge in [0.05, 0.1) is 15.2 Å². The molecule has 1 atom stereocenters. The number of nitrogens with one attached hydrogen (secondary N) is 1. The number of allylic oxidation sites excluding steroid dienone is 1. The number of hydrogen-bond acceptors (Lipinski definition) is 4. The van der Waals surface area contributed by atoms with Gasteiger partial charge in [-0.05, 0) is 43.9 Å². The molecule has 0 bridgehead atoms. The van der Waals surface area contributed by atoms with Gasteiger partial charge in [0.2, 0.25) is 0 Å². The van der Waals surface area contributed by atoms with Crippen LogP contribution in [-0.2, 0) is 6.42 Å². The quantitative estimate of drug-likeness (QED) is 0.846. The van der Waals surface area contributed by atoms with E-state index in [1.54, 1.807) is 18.3 Å². The van der Waals surface area contributed by atoms with Crippen LogP contribution < -0.4 is 5.32 Å². The zero-order valence-corrected chi connectivity index (χ0v) is 12.0. The number of nitrogens with zero attached hydrogens (tertiary/aromatic N) is 1. The van der Waals surface area contributed by atoms with Gasteiger partial charge in [0, 0.05) is 12.1 Å². The molecule has 0 saturated heterocycles. The molecule has 1 heterocycles. The van der Waals surface area contributed by atoms with Crippen molar-refractivity contribution in [1.29, 1.82) is 0 Å². The second kappa shape index (κ2) is 5.04.